The van der Waals surface area contributed by atoms with E-state index in [2.05, 4.69) is 10.6 Å². The molecule has 0 aliphatic rings. The van der Waals surface area contributed by atoms with E-state index in [9.17, 15) is 9.59 Å². The third kappa shape index (κ3) is 3.96. The smallest absolute Gasteiger partial charge is 0.338 e. The third-order valence-corrected chi connectivity index (χ3v) is 2.94. The summed E-state index contributed by atoms with van der Waals surface area (Å²) >= 11 is 1.62. The first-order chi connectivity index (χ1) is 8.56. The number of thioether (sulfide) groups is 1. The van der Waals surface area contributed by atoms with Crippen LogP contribution < -0.4 is 10.6 Å². The molecule has 0 saturated carbocycles. The maximum atomic E-state index is 11.5. The number of anilines is 1. The van der Waals surface area contributed by atoms with Crippen molar-refractivity contribution in [2.75, 3.05) is 23.9 Å². The molecule has 1 aromatic rings. The molecule has 0 heterocycles. The highest BCUT2D eigenvalue weighted by Crippen LogP contribution is 2.19. The van der Waals surface area contributed by atoms with Gasteiger partial charge in [-0.1, -0.05) is 12.1 Å². The van der Waals surface area contributed by atoms with Crippen molar-refractivity contribution in [1.82, 2.24) is 5.32 Å². The predicted molar refractivity (Wildman–Crippen MR) is 73.5 cm³/mol. The highest BCUT2D eigenvalue weighted by molar-refractivity contribution is 7.98. The van der Waals surface area contributed by atoms with Gasteiger partial charge in [-0.2, -0.15) is 11.8 Å². The predicted octanol–water partition coefficient (Wildman–Crippen LogP) is 2.18. The SMILES string of the molecule is CSCCNC(=O)Nc1cccc(C)c1C(=O)O. The largest absolute Gasteiger partial charge is 0.478 e. The van der Waals surface area contributed by atoms with E-state index in [-0.39, 0.29) is 5.56 Å². The van der Waals surface area contributed by atoms with Crippen molar-refractivity contribution in [3.63, 3.8) is 0 Å². The molecule has 0 aromatic heterocycles. The van der Waals surface area contributed by atoms with Crippen LogP contribution in [0.5, 0.6) is 0 Å². The minimum Gasteiger partial charge on any atom is -0.478 e. The van der Waals surface area contributed by atoms with E-state index in [0.29, 0.717) is 17.8 Å². The number of carbonyl (C=O) groups is 2. The molecule has 1 rings (SSSR count). The van der Waals surface area contributed by atoms with Crippen molar-refractivity contribution < 1.29 is 14.7 Å². The topological polar surface area (TPSA) is 78.4 Å². The van der Waals surface area contributed by atoms with Crippen LogP contribution >= 0.6 is 11.8 Å². The van der Waals surface area contributed by atoms with Gasteiger partial charge in [0.1, 0.15) is 0 Å². The number of amides is 2. The minimum absolute atomic E-state index is 0.123. The van der Waals surface area contributed by atoms with Gasteiger partial charge in [0.15, 0.2) is 0 Å². The van der Waals surface area contributed by atoms with Gasteiger partial charge < -0.3 is 15.7 Å². The van der Waals surface area contributed by atoms with Gasteiger partial charge in [-0.15, -0.1) is 0 Å². The Kier molecular flexibility index (Phi) is 5.51. The fraction of sp³-hybridized carbons (Fsp3) is 0.333. The Morgan fingerprint density at radius 3 is 2.72 bits per heavy atom. The molecule has 0 atom stereocenters. The number of aromatic carboxylic acids is 1. The molecule has 0 saturated heterocycles. The highest BCUT2D eigenvalue weighted by atomic mass is 32.2. The Morgan fingerprint density at radius 1 is 1.39 bits per heavy atom. The van der Waals surface area contributed by atoms with Gasteiger partial charge in [0.2, 0.25) is 0 Å². The van der Waals surface area contributed by atoms with Crippen LogP contribution in [-0.4, -0.2) is 35.7 Å². The zero-order valence-corrected chi connectivity index (χ0v) is 11.1. The van der Waals surface area contributed by atoms with Crippen LogP contribution in [0.2, 0.25) is 0 Å². The van der Waals surface area contributed by atoms with Crippen LogP contribution in [0.1, 0.15) is 15.9 Å². The molecule has 6 heteroatoms. The molecule has 3 N–H and O–H groups in total. The van der Waals surface area contributed by atoms with E-state index < -0.39 is 12.0 Å². The summed E-state index contributed by atoms with van der Waals surface area (Å²) in [7, 11) is 0. The van der Waals surface area contributed by atoms with Crippen molar-refractivity contribution >= 4 is 29.4 Å². The molecule has 0 fully saturated rings. The molecule has 5 nitrogen and oxygen atoms in total. The molecule has 0 aliphatic heterocycles. The summed E-state index contributed by atoms with van der Waals surface area (Å²) in [6.45, 7) is 2.24. The van der Waals surface area contributed by atoms with Gasteiger partial charge in [-0.05, 0) is 24.8 Å². The Balaban J connectivity index is 2.75. The van der Waals surface area contributed by atoms with Crippen LogP contribution in [0.25, 0.3) is 0 Å². The number of hydrogen-bond acceptors (Lipinski definition) is 3. The average Bonchev–Trinajstić information content (AvgIpc) is 2.28. The lowest BCUT2D eigenvalue weighted by molar-refractivity contribution is 0.0697. The number of carboxylic acids is 1. The van der Waals surface area contributed by atoms with Gasteiger partial charge in [-0.3, -0.25) is 0 Å². The van der Waals surface area contributed by atoms with Crippen molar-refractivity contribution in [2.45, 2.75) is 6.92 Å². The van der Waals surface area contributed by atoms with Crippen molar-refractivity contribution in [3.05, 3.63) is 29.3 Å². The first kappa shape index (κ1) is 14.4. The molecule has 2 amide bonds. The second kappa shape index (κ2) is 6.90. The van der Waals surface area contributed by atoms with Gasteiger partial charge in [0.25, 0.3) is 0 Å². The number of nitrogens with one attached hydrogen (secondary N) is 2. The number of urea groups is 1. The zero-order valence-electron chi connectivity index (χ0n) is 10.3. The Morgan fingerprint density at radius 2 is 2.11 bits per heavy atom. The molecule has 0 bridgehead atoms. The third-order valence-electron chi connectivity index (χ3n) is 2.33. The summed E-state index contributed by atoms with van der Waals surface area (Å²) in [5.74, 6) is -0.236. The second-order valence-corrected chi connectivity index (χ2v) is 4.66. The monoisotopic (exact) mass is 268 g/mol. The van der Waals surface area contributed by atoms with E-state index in [1.54, 1.807) is 36.9 Å². The molecule has 0 unspecified atom stereocenters. The number of rotatable bonds is 5. The van der Waals surface area contributed by atoms with Crippen LogP contribution in [0.15, 0.2) is 18.2 Å². The van der Waals surface area contributed by atoms with E-state index in [0.717, 1.165) is 5.75 Å². The maximum absolute atomic E-state index is 11.5. The number of benzene rings is 1. The van der Waals surface area contributed by atoms with Crippen LogP contribution in [0.3, 0.4) is 0 Å². The molecule has 18 heavy (non-hydrogen) atoms. The Hall–Kier alpha value is -1.69. The van der Waals surface area contributed by atoms with E-state index in [1.165, 1.54) is 0 Å². The van der Waals surface area contributed by atoms with Gasteiger partial charge >= 0.3 is 12.0 Å². The van der Waals surface area contributed by atoms with Gasteiger partial charge in [0.05, 0.1) is 11.3 Å². The molecule has 0 aliphatic carbocycles. The van der Waals surface area contributed by atoms with Crippen molar-refractivity contribution in [3.8, 4) is 0 Å². The molecular formula is C12H16N2O3S. The lowest BCUT2D eigenvalue weighted by Gasteiger charge is -2.11. The number of carboxylic acid groups (broad SMARTS) is 1. The minimum atomic E-state index is -1.05. The summed E-state index contributed by atoms with van der Waals surface area (Å²) in [6.07, 6.45) is 1.95. The van der Waals surface area contributed by atoms with Crippen LogP contribution in [0.4, 0.5) is 10.5 Å². The number of carbonyl (C=O) groups excluding carboxylic acids is 1. The first-order valence-corrected chi connectivity index (χ1v) is 6.82. The summed E-state index contributed by atoms with van der Waals surface area (Å²) < 4.78 is 0. The highest BCUT2D eigenvalue weighted by Gasteiger charge is 2.14. The molecule has 1 aromatic carbocycles. The van der Waals surface area contributed by atoms with Crippen LogP contribution in [0, 0.1) is 6.92 Å². The summed E-state index contributed by atoms with van der Waals surface area (Å²) in [4.78, 5) is 22.7. The fourth-order valence-corrected chi connectivity index (χ4v) is 1.80. The molecular weight excluding hydrogens is 252 g/mol. The van der Waals surface area contributed by atoms with E-state index in [4.69, 9.17) is 5.11 Å². The molecule has 0 radical (unpaired) electrons. The maximum Gasteiger partial charge on any atom is 0.338 e. The summed E-state index contributed by atoms with van der Waals surface area (Å²) in [5, 5.41) is 14.3. The second-order valence-electron chi connectivity index (χ2n) is 3.68. The fourth-order valence-electron chi connectivity index (χ4n) is 1.49. The average molecular weight is 268 g/mol. The van der Waals surface area contributed by atoms with E-state index >= 15 is 0 Å². The van der Waals surface area contributed by atoms with E-state index in [1.807, 2.05) is 6.26 Å². The standard InChI is InChI=1S/C12H16N2O3S/c1-8-4-3-5-9(10(8)11(15)16)14-12(17)13-6-7-18-2/h3-5H,6-7H2,1-2H3,(H,15,16)(H2,13,14,17). The zero-order chi connectivity index (χ0) is 13.5. The lowest BCUT2D eigenvalue weighted by Crippen LogP contribution is -2.31. The Labute approximate surface area is 110 Å². The molecule has 0 spiro atoms. The normalized spacial score (nSPS) is 9.89. The summed E-state index contributed by atoms with van der Waals surface area (Å²) in [6, 6.07) is 4.58. The first-order valence-electron chi connectivity index (χ1n) is 5.43. The molecule has 98 valence electrons. The summed E-state index contributed by atoms with van der Waals surface area (Å²) in [5.41, 5.74) is 1.05. The Bertz CT molecular complexity index is 449. The van der Waals surface area contributed by atoms with Crippen molar-refractivity contribution in [2.24, 2.45) is 0 Å². The van der Waals surface area contributed by atoms with Crippen molar-refractivity contribution in [1.29, 1.82) is 0 Å². The lowest BCUT2D eigenvalue weighted by atomic mass is 10.1. The number of aryl methyl sites for hydroxylation is 1. The number of hydrogen-bond donors (Lipinski definition) is 3. The van der Waals surface area contributed by atoms with Crippen LogP contribution in [-0.2, 0) is 0 Å². The van der Waals surface area contributed by atoms with Gasteiger partial charge in [-0.25, -0.2) is 9.59 Å². The quantitative estimate of drug-likeness (QED) is 0.715. The van der Waals surface area contributed by atoms with Gasteiger partial charge in [0, 0.05) is 12.3 Å².